The Morgan fingerprint density at radius 3 is 2.46 bits per heavy atom. The zero-order chi connectivity index (χ0) is 10.1. The summed E-state index contributed by atoms with van der Waals surface area (Å²) in [7, 11) is 4.19. The average Bonchev–Trinajstić information content (AvgIpc) is 2.10. The fourth-order valence-corrected chi connectivity index (χ4v) is 1.03. The molecule has 3 nitrogen and oxygen atoms in total. The second-order valence-corrected chi connectivity index (χ2v) is 3.80. The Morgan fingerprint density at radius 1 is 1.23 bits per heavy atom. The highest BCUT2D eigenvalue weighted by Crippen LogP contribution is 1.93. The highest BCUT2D eigenvalue weighted by atomic mass is 16.2. The van der Waals surface area contributed by atoms with Crippen molar-refractivity contribution in [3.8, 4) is 0 Å². The molecule has 0 aromatic carbocycles. The number of aliphatic hydroxyl groups is 1. The Labute approximate surface area is 82.1 Å². The van der Waals surface area contributed by atoms with E-state index in [0.29, 0.717) is 12.6 Å². The summed E-state index contributed by atoms with van der Waals surface area (Å²) < 4.78 is 0. The van der Waals surface area contributed by atoms with Crippen LogP contribution in [-0.2, 0) is 0 Å². The number of hydrogen-bond acceptors (Lipinski definition) is 3. The van der Waals surface area contributed by atoms with Gasteiger partial charge in [-0.05, 0) is 46.8 Å². The zero-order valence-electron chi connectivity index (χ0n) is 9.21. The maximum absolute atomic E-state index is 8.56. The number of unbranched alkanes of at least 4 members (excludes halogenated alkanes) is 2. The van der Waals surface area contributed by atoms with Gasteiger partial charge in [-0.1, -0.05) is 0 Å². The van der Waals surface area contributed by atoms with Gasteiger partial charge < -0.3 is 15.3 Å². The number of hydrogen-bond donors (Lipinski definition) is 2. The molecule has 2 N–H and O–H groups in total. The van der Waals surface area contributed by atoms with E-state index in [2.05, 4.69) is 31.2 Å². The van der Waals surface area contributed by atoms with E-state index in [1.165, 1.54) is 6.42 Å². The van der Waals surface area contributed by atoms with Crippen LogP contribution in [-0.4, -0.2) is 49.8 Å². The topological polar surface area (TPSA) is 35.5 Å². The van der Waals surface area contributed by atoms with Crippen molar-refractivity contribution in [3.05, 3.63) is 0 Å². The molecule has 0 aromatic rings. The molecule has 0 aromatic heterocycles. The van der Waals surface area contributed by atoms with Crippen LogP contribution >= 0.6 is 0 Å². The molecule has 0 fully saturated rings. The monoisotopic (exact) mass is 188 g/mol. The lowest BCUT2D eigenvalue weighted by Gasteiger charge is -2.19. The van der Waals surface area contributed by atoms with E-state index in [-0.39, 0.29) is 0 Å². The first-order valence-electron chi connectivity index (χ1n) is 5.16. The third-order valence-corrected chi connectivity index (χ3v) is 2.33. The van der Waals surface area contributed by atoms with E-state index < -0.39 is 0 Å². The summed E-state index contributed by atoms with van der Waals surface area (Å²) in [5.41, 5.74) is 0. The average molecular weight is 188 g/mol. The number of nitrogens with zero attached hydrogens (tertiary/aromatic N) is 1. The molecular formula is C10H24N2O. The molecule has 13 heavy (non-hydrogen) atoms. The molecule has 0 spiro atoms. The minimum absolute atomic E-state index is 0.327. The second-order valence-electron chi connectivity index (χ2n) is 3.80. The maximum Gasteiger partial charge on any atom is 0.0431 e. The van der Waals surface area contributed by atoms with Gasteiger partial charge in [0.2, 0.25) is 0 Å². The highest BCUT2D eigenvalue weighted by Gasteiger charge is 2.01. The van der Waals surface area contributed by atoms with Crippen molar-refractivity contribution in [3.63, 3.8) is 0 Å². The molecule has 0 radical (unpaired) electrons. The van der Waals surface area contributed by atoms with Gasteiger partial charge in [-0.15, -0.1) is 0 Å². The lowest BCUT2D eigenvalue weighted by Crippen LogP contribution is -2.35. The van der Waals surface area contributed by atoms with Gasteiger partial charge in [-0.2, -0.15) is 0 Å². The van der Waals surface area contributed by atoms with Crippen LogP contribution < -0.4 is 5.32 Å². The predicted molar refractivity (Wildman–Crippen MR) is 57.0 cm³/mol. The lowest BCUT2D eigenvalue weighted by atomic mass is 10.2. The Morgan fingerprint density at radius 2 is 1.92 bits per heavy atom. The van der Waals surface area contributed by atoms with Crippen LogP contribution in [0.2, 0.25) is 0 Å². The van der Waals surface area contributed by atoms with Crippen molar-refractivity contribution in [2.75, 3.05) is 33.8 Å². The summed E-state index contributed by atoms with van der Waals surface area (Å²) in [6, 6.07) is 0.595. The Kier molecular flexibility index (Phi) is 8.40. The molecule has 3 heteroatoms. The predicted octanol–water partition coefficient (Wildman–Crippen LogP) is 0.689. The van der Waals surface area contributed by atoms with Crippen molar-refractivity contribution < 1.29 is 5.11 Å². The van der Waals surface area contributed by atoms with Crippen molar-refractivity contribution >= 4 is 0 Å². The fourth-order valence-electron chi connectivity index (χ4n) is 1.03. The van der Waals surface area contributed by atoms with E-state index in [9.17, 15) is 0 Å². The van der Waals surface area contributed by atoms with Crippen LogP contribution in [0, 0.1) is 0 Å². The highest BCUT2D eigenvalue weighted by molar-refractivity contribution is 4.62. The van der Waals surface area contributed by atoms with Crippen LogP contribution in [0.3, 0.4) is 0 Å². The van der Waals surface area contributed by atoms with Crippen molar-refractivity contribution in [1.29, 1.82) is 0 Å². The largest absolute Gasteiger partial charge is 0.396 e. The van der Waals surface area contributed by atoms with Crippen LogP contribution in [0.25, 0.3) is 0 Å². The summed E-state index contributed by atoms with van der Waals surface area (Å²) in [6.07, 6.45) is 3.23. The molecule has 0 bridgehead atoms. The van der Waals surface area contributed by atoms with Gasteiger partial charge in [0.15, 0.2) is 0 Å². The van der Waals surface area contributed by atoms with Gasteiger partial charge in [0.05, 0.1) is 0 Å². The second kappa shape index (κ2) is 8.48. The number of likely N-dealkylation sites (N-methyl/N-ethyl adjacent to an activating group) is 1. The molecule has 0 heterocycles. The van der Waals surface area contributed by atoms with E-state index in [4.69, 9.17) is 5.11 Å². The first-order chi connectivity index (χ1) is 6.18. The summed E-state index contributed by atoms with van der Waals surface area (Å²) in [5, 5.41) is 12.0. The van der Waals surface area contributed by atoms with Gasteiger partial charge >= 0.3 is 0 Å². The van der Waals surface area contributed by atoms with Crippen LogP contribution in [0.4, 0.5) is 0 Å². The number of rotatable bonds is 8. The fraction of sp³-hybridized carbons (Fsp3) is 1.00. The van der Waals surface area contributed by atoms with Gasteiger partial charge in [0.25, 0.3) is 0 Å². The normalized spacial score (nSPS) is 13.6. The molecule has 0 rings (SSSR count). The quantitative estimate of drug-likeness (QED) is 0.550. The van der Waals surface area contributed by atoms with Crippen molar-refractivity contribution in [2.45, 2.75) is 32.2 Å². The first kappa shape index (κ1) is 12.9. The molecule has 0 amide bonds. The molecule has 1 atom stereocenters. The smallest absolute Gasteiger partial charge is 0.0431 e. The maximum atomic E-state index is 8.56. The molecular weight excluding hydrogens is 164 g/mol. The number of nitrogens with one attached hydrogen (secondary N) is 1. The minimum Gasteiger partial charge on any atom is -0.396 e. The number of aliphatic hydroxyl groups excluding tert-OH is 1. The third-order valence-electron chi connectivity index (χ3n) is 2.33. The molecule has 0 aliphatic carbocycles. The molecule has 1 unspecified atom stereocenters. The van der Waals surface area contributed by atoms with Gasteiger partial charge in [-0.25, -0.2) is 0 Å². The Hall–Kier alpha value is -0.120. The molecule has 0 saturated carbocycles. The van der Waals surface area contributed by atoms with Crippen LogP contribution in [0.15, 0.2) is 0 Å². The van der Waals surface area contributed by atoms with E-state index in [0.717, 1.165) is 25.9 Å². The third kappa shape index (κ3) is 8.22. The van der Waals surface area contributed by atoms with Gasteiger partial charge in [0.1, 0.15) is 0 Å². The zero-order valence-corrected chi connectivity index (χ0v) is 9.21. The van der Waals surface area contributed by atoms with Gasteiger partial charge in [0, 0.05) is 19.2 Å². The van der Waals surface area contributed by atoms with E-state index in [1.54, 1.807) is 0 Å². The minimum atomic E-state index is 0.327. The standard InChI is InChI=1S/C10H24N2O/c1-10(12(2)3)9-11-7-5-4-6-8-13/h10-11,13H,4-9H2,1-3H3. The lowest BCUT2D eigenvalue weighted by molar-refractivity contribution is 0.280. The van der Waals surface area contributed by atoms with Gasteiger partial charge in [-0.3, -0.25) is 0 Å². The summed E-state index contributed by atoms with van der Waals surface area (Å²) in [6.45, 7) is 4.65. The Bertz CT molecular complexity index is 107. The Balaban J connectivity index is 3.07. The van der Waals surface area contributed by atoms with Crippen LogP contribution in [0.5, 0.6) is 0 Å². The summed E-state index contributed by atoms with van der Waals surface area (Å²) in [5.74, 6) is 0. The molecule has 0 aliphatic heterocycles. The molecule has 0 aliphatic rings. The SMILES string of the molecule is CC(CNCCCCCO)N(C)C. The summed E-state index contributed by atoms with van der Waals surface area (Å²) >= 11 is 0. The molecule has 80 valence electrons. The van der Waals surface area contributed by atoms with Crippen molar-refractivity contribution in [2.24, 2.45) is 0 Å². The van der Waals surface area contributed by atoms with E-state index >= 15 is 0 Å². The first-order valence-corrected chi connectivity index (χ1v) is 5.16. The molecule has 0 saturated heterocycles. The van der Waals surface area contributed by atoms with E-state index in [1.807, 2.05) is 0 Å². The van der Waals surface area contributed by atoms with Crippen molar-refractivity contribution in [1.82, 2.24) is 10.2 Å². The van der Waals surface area contributed by atoms with Crippen LogP contribution in [0.1, 0.15) is 26.2 Å². The summed E-state index contributed by atoms with van der Waals surface area (Å²) in [4.78, 5) is 2.21.